The molecule has 2 saturated heterocycles. The first kappa shape index (κ1) is 11.3. The predicted octanol–water partition coefficient (Wildman–Crippen LogP) is 0.772. The minimum atomic E-state index is -4.39. The Hall–Kier alpha value is -1.24. The van der Waals surface area contributed by atoms with E-state index in [1.54, 1.807) is 0 Å². The lowest BCUT2D eigenvalue weighted by Crippen LogP contribution is -2.49. The number of hydrogen-bond acceptors (Lipinski definition) is 2. The Kier molecular flexibility index (Phi) is 2.57. The van der Waals surface area contributed by atoms with Crippen molar-refractivity contribution in [2.45, 2.75) is 12.2 Å². The van der Waals surface area contributed by atoms with E-state index >= 15 is 0 Å². The highest BCUT2D eigenvalue weighted by Gasteiger charge is 2.45. The summed E-state index contributed by atoms with van der Waals surface area (Å²) in [5.41, 5.74) is 0.231. The Labute approximate surface area is 90.7 Å². The number of urea groups is 1. The number of halogens is 3. The van der Waals surface area contributed by atoms with Crippen LogP contribution in [0.3, 0.4) is 0 Å². The molecule has 1 atom stereocenters. The summed E-state index contributed by atoms with van der Waals surface area (Å²) in [7, 11) is 0. The van der Waals surface area contributed by atoms with E-state index in [1.165, 1.54) is 4.90 Å². The fourth-order valence-corrected chi connectivity index (χ4v) is 2.04. The Morgan fingerprint density at radius 1 is 1.50 bits per heavy atom. The van der Waals surface area contributed by atoms with Gasteiger partial charge in [0.1, 0.15) is 6.54 Å². The van der Waals surface area contributed by atoms with Gasteiger partial charge in [-0.3, -0.25) is 4.90 Å². The van der Waals surface area contributed by atoms with Crippen molar-refractivity contribution in [3.05, 3.63) is 12.3 Å². The highest BCUT2D eigenvalue weighted by molar-refractivity contribution is 5.81. The van der Waals surface area contributed by atoms with Crippen molar-refractivity contribution < 1.29 is 18.0 Å². The number of carbonyl (C=O) groups is 1. The lowest BCUT2D eigenvalue weighted by Gasteiger charge is -2.28. The lowest BCUT2D eigenvalue weighted by molar-refractivity contribution is -0.136. The van der Waals surface area contributed by atoms with Crippen molar-refractivity contribution in [3.63, 3.8) is 0 Å². The van der Waals surface area contributed by atoms with Crippen LogP contribution in [-0.2, 0) is 0 Å². The van der Waals surface area contributed by atoms with Gasteiger partial charge in [0, 0.05) is 25.3 Å². The molecule has 0 aromatic heterocycles. The van der Waals surface area contributed by atoms with E-state index in [9.17, 15) is 18.0 Å². The first-order valence-corrected chi connectivity index (χ1v) is 4.94. The molecule has 0 spiro atoms. The van der Waals surface area contributed by atoms with Gasteiger partial charge in [0.15, 0.2) is 0 Å². The lowest BCUT2D eigenvalue weighted by atomic mass is 10.2. The molecule has 2 fully saturated rings. The van der Waals surface area contributed by atoms with Crippen molar-refractivity contribution >= 4 is 6.03 Å². The number of fused-ring (bicyclic) bond motifs is 1. The summed E-state index contributed by atoms with van der Waals surface area (Å²) >= 11 is 0. The largest absolute Gasteiger partial charge is 0.406 e. The fourth-order valence-electron chi connectivity index (χ4n) is 2.04. The van der Waals surface area contributed by atoms with Gasteiger partial charge in [0.2, 0.25) is 0 Å². The Bertz CT molecular complexity index is 304. The van der Waals surface area contributed by atoms with Crippen LogP contribution in [0.15, 0.2) is 12.3 Å². The number of hydrogen-bond donors (Lipinski definition) is 1. The van der Waals surface area contributed by atoms with Gasteiger partial charge in [-0.05, 0) is 0 Å². The van der Waals surface area contributed by atoms with E-state index in [0.29, 0.717) is 19.6 Å². The molecule has 16 heavy (non-hydrogen) atoms. The van der Waals surface area contributed by atoms with Gasteiger partial charge in [-0.2, -0.15) is 13.2 Å². The van der Waals surface area contributed by atoms with Crippen LogP contribution in [0.2, 0.25) is 0 Å². The van der Waals surface area contributed by atoms with Gasteiger partial charge in [-0.25, -0.2) is 4.79 Å². The predicted molar refractivity (Wildman–Crippen MR) is 50.7 cm³/mol. The Morgan fingerprint density at radius 3 is 2.75 bits per heavy atom. The number of rotatable bonds is 1. The van der Waals surface area contributed by atoms with Gasteiger partial charge in [0.05, 0.1) is 6.04 Å². The van der Waals surface area contributed by atoms with Crippen LogP contribution in [0.1, 0.15) is 0 Å². The molecule has 7 heteroatoms. The quantitative estimate of drug-likeness (QED) is 0.728. The summed E-state index contributed by atoms with van der Waals surface area (Å²) in [5, 5.41) is 3.03. The molecule has 0 saturated carbocycles. The molecule has 2 rings (SSSR count). The van der Waals surface area contributed by atoms with Crippen LogP contribution < -0.4 is 5.32 Å². The first-order chi connectivity index (χ1) is 7.40. The van der Waals surface area contributed by atoms with Crippen LogP contribution in [-0.4, -0.2) is 54.2 Å². The summed E-state index contributed by atoms with van der Waals surface area (Å²) in [6.45, 7) is 3.83. The number of nitrogens with one attached hydrogen (secondary N) is 1. The van der Waals surface area contributed by atoms with Crippen LogP contribution in [0, 0.1) is 0 Å². The third kappa shape index (κ3) is 1.87. The third-order valence-corrected chi connectivity index (χ3v) is 2.79. The Morgan fingerprint density at radius 2 is 2.19 bits per heavy atom. The maximum absolute atomic E-state index is 12.3. The molecule has 1 unspecified atom stereocenters. The summed E-state index contributed by atoms with van der Waals surface area (Å²) in [6.07, 6.45) is -4.39. The van der Waals surface area contributed by atoms with Crippen LogP contribution in [0.5, 0.6) is 0 Å². The van der Waals surface area contributed by atoms with Crippen molar-refractivity contribution in [1.29, 1.82) is 0 Å². The molecule has 4 nitrogen and oxygen atoms in total. The normalized spacial score (nSPS) is 26.3. The second-order valence-corrected chi connectivity index (χ2v) is 3.89. The molecule has 0 aliphatic carbocycles. The Balaban J connectivity index is 2.15. The zero-order valence-corrected chi connectivity index (χ0v) is 8.55. The zero-order chi connectivity index (χ0) is 11.9. The van der Waals surface area contributed by atoms with Crippen LogP contribution in [0.4, 0.5) is 18.0 Å². The van der Waals surface area contributed by atoms with Crippen molar-refractivity contribution in [2.75, 3.05) is 26.2 Å². The van der Waals surface area contributed by atoms with E-state index in [2.05, 4.69) is 11.9 Å². The van der Waals surface area contributed by atoms with Gasteiger partial charge in [0.25, 0.3) is 0 Å². The van der Waals surface area contributed by atoms with Crippen LogP contribution >= 0.6 is 0 Å². The average molecular weight is 235 g/mol. The van der Waals surface area contributed by atoms with E-state index in [-0.39, 0.29) is 11.7 Å². The minimum absolute atomic E-state index is 0.231. The summed E-state index contributed by atoms with van der Waals surface area (Å²) in [4.78, 5) is 13.8. The van der Waals surface area contributed by atoms with E-state index in [0.717, 1.165) is 4.90 Å². The molecule has 0 aromatic rings. The molecular formula is C9H12F3N3O. The zero-order valence-electron chi connectivity index (χ0n) is 8.55. The standard InChI is InChI=1S/C9H12F3N3O/c1-6-7-4-13-2-3-14(7)8(16)15(6)5-9(10,11)12/h7,13H,1-5H2. The van der Waals surface area contributed by atoms with Gasteiger partial charge >= 0.3 is 12.2 Å². The average Bonchev–Trinajstić information content (AvgIpc) is 2.43. The molecule has 2 amide bonds. The van der Waals surface area contributed by atoms with Crippen molar-refractivity contribution in [2.24, 2.45) is 0 Å². The molecule has 90 valence electrons. The first-order valence-electron chi connectivity index (χ1n) is 4.94. The monoisotopic (exact) mass is 235 g/mol. The number of alkyl halides is 3. The van der Waals surface area contributed by atoms with E-state index < -0.39 is 18.8 Å². The SMILES string of the molecule is C=C1C2CNCCN2C(=O)N1CC(F)(F)F. The smallest absolute Gasteiger partial charge is 0.313 e. The second kappa shape index (κ2) is 3.65. The highest BCUT2D eigenvalue weighted by Crippen LogP contribution is 2.29. The summed E-state index contributed by atoms with van der Waals surface area (Å²) in [5.74, 6) is 0. The molecule has 1 N–H and O–H groups in total. The number of carbonyl (C=O) groups excluding carboxylic acids is 1. The minimum Gasteiger partial charge on any atom is -0.313 e. The highest BCUT2D eigenvalue weighted by atomic mass is 19.4. The summed E-state index contributed by atoms with van der Waals surface area (Å²) in [6, 6.07) is -0.919. The third-order valence-electron chi connectivity index (χ3n) is 2.79. The molecule has 2 aliphatic rings. The molecule has 0 aromatic carbocycles. The number of piperazine rings is 1. The van der Waals surface area contributed by atoms with Crippen molar-refractivity contribution in [1.82, 2.24) is 15.1 Å². The summed E-state index contributed by atoms with van der Waals surface area (Å²) < 4.78 is 36.8. The molecule has 0 radical (unpaired) electrons. The topological polar surface area (TPSA) is 35.6 Å². The van der Waals surface area contributed by atoms with Crippen molar-refractivity contribution in [3.8, 4) is 0 Å². The second-order valence-electron chi connectivity index (χ2n) is 3.89. The van der Waals surface area contributed by atoms with Crippen LogP contribution in [0.25, 0.3) is 0 Å². The number of nitrogens with zero attached hydrogens (tertiary/aromatic N) is 2. The maximum atomic E-state index is 12.3. The van der Waals surface area contributed by atoms with Gasteiger partial charge < -0.3 is 10.2 Å². The van der Waals surface area contributed by atoms with Gasteiger partial charge in [-0.1, -0.05) is 6.58 Å². The number of amides is 2. The van der Waals surface area contributed by atoms with E-state index in [4.69, 9.17) is 0 Å². The molecular weight excluding hydrogens is 223 g/mol. The molecule has 2 heterocycles. The molecule has 0 bridgehead atoms. The fraction of sp³-hybridized carbons (Fsp3) is 0.667. The maximum Gasteiger partial charge on any atom is 0.406 e. The van der Waals surface area contributed by atoms with E-state index in [1.807, 2.05) is 0 Å². The molecule has 2 aliphatic heterocycles. The van der Waals surface area contributed by atoms with Gasteiger partial charge in [-0.15, -0.1) is 0 Å².